The van der Waals surface area contributed by atoms with Gasteiger partial charge in [0.25, 0.3) is 5.91 Å². The summed E-state index contributed by atoms with van der Waals surface area (Å²) in [6.45, 7) is 5.52. The predicted molar refractivity (Wildman–Crippen MR) is 81.7 cm³/mol. The van der Waals surface area contributed by atoms with E-state index in [0.29, 0.717) is 21.9 Å². The van der Waals surface area contributed by atoms with Crippen molar-refractivity contribution < 1.29 is 14.3 Å². The Bertz CT molecular complexity index is 525. The highest BCUT2D eigenvalue weighted by molar-refractivity contribution is 9.10. The van der Waals surface area contributed by atoms with Crippen LogP contribution in [0.5, 0.6) is 0 Å². The molecule has 114 valence electrons. The smallest absolute Gasteiger partial charge is 0.340 e. The molecular weight excluding hydrogens is 336 g/mol. The molecule has 0 aromatic carbocycles. The van der Waals surface area contributed by atoms with Gasteiger partial charge in [-0.1, -0.05) is 13.8 Å². The van der Waals surface area contributed by atoms with Gasteiger partial charge in [0.2, 0.25) is 0 Å². The lowest BCUT2D eigenvalue weighted by Crippen LogP contribution is -2.44. The van der Waals surface area contributed by atoms with Gasteiger partial charge in [-0.2, -0.15) is 0 Å². The van der Waals surface area contributed by atoms with Crippen LogP contribution in [0.1, 0.15) is 30.6 Å². The fraction of sp³-hybridized carbons (Fsp3) is 0.533. The SMILES string of the molecule is C[C@H]1C[C@H](C)CN(C(=O)COC(=O)c2cncc(Br)c2)C1. The molecule has 2 rings (SSSR count). The molecule has 2 heterocycles. The van der Waals surface area contributed by atoms with Gasteiger partial charge in [0.05, 0.1) is 5.56 Å². The molecule has 0 saturated carbocycles. The molecule has 1 amide bonds. The van der Waals surface area contributed by atoms with Crippen molar-refractivity contribution in [3.63, 3.8) is 0 Å². The van der Waals surface area contributed by atoms with Crippen molar-refractivity contribution >= 4 is 27.8 Å². The molecule has 0 unspecified atom stereocenters. The number of nitrogens with zero attached hydrogens (tertiary/aromatic N) is 2. The number of carbonyl (C=O) groups is 2. The van der Waals surface area contributed by atoms with E-state index in [4.69, 9.17) is 4.74 Å². The first-order chi connectivity index (χ1) is 9.95. The molecule has 0 bridgehead atoms. The number of ether oxygens (including phenoxy) is 1. The topological polar surface area (TPSA) is 59.5 Å². The molecule has 0 N–H and O–H groups in total. The Morgan fingerprint density at radius 3 is 2.62 bits per heavy atom. The van der Waals surface area contributed by atoms with Crippen molar-refractivity contribution in [2.24, 2.45) is 11.8 Å². The van der Waals surface area contributed by atoms with Crippen molar-refractivity contribution in [3.05, 3.63) is 28.5 Å². The minimum atomic E-state index is -0.532. The zero-order valence-corrected chi connectivity index (χ0v) is 13.8. The van der Waals surface area contributed by atoms with Gasteiger partial charge in [0, 0.05) is 30.0 Å². The van der Waals surface area contributed by atoms with Gasteiger partial charge in [0.15, 0.2) is 6.61 Å². The van der Waals surface area contributed by atoms with E-state index in [9.17, 15) is 9.59 Å². The number of halogens is 1. The van der Waals surface area contributed by atoms with Gasteiger partial charge in [-0.05, 0) is 40.3 Å². The second-order valence-electron chi connectivity index (χ2n) is 5.71. The van der Waals surface area contributed by atoms with Crippen LogP contribution in [0.4, 0.5) is 0 Å². The molecule has 5 nitrogen and oxygen atoms in total. The number of hydrogen-bond donors (Lipinski definition) is 0. The number of amides is 1. The van der Waals surface area contributed by atoms with E-state index in [1.54, 1.807) is 17.2 Å². The summed E-state index contributed by atoms with van der Waals surface area (Å²) in [6, 6.07) is 1.62. The standard InChI is InChI=1S/C15H19BrN2O3/c1-10-3-11(2)8-18(7-10)14(19)9-21-15(20)12-4-13(16)6-17-5-12/h4-6,10-11H,3,7-9H2,1-2H3/t10-,11-/m0/s1. The second-order valence-corrected chi connectivity index (χ2v) is 6.63. The largest absolute Gasteiger partial charge is 0.452 e. The van der Waals surface area contributed by atoms with Gasteiger partial charge >= 0.3 is 5.97 Å². The van der Waals surface area contributed by atoms with Crippen LogP contribution in [-0.2, 0) is 9.53 Å². The minimum absolute atomic E-state index is 0.135. The molecule has 1 aliphatic rings. The Balaban J connectivity index is 1.87. The normalized spacial score (nSPS) is 22.0. The molecule has 1 saturated heterocycles. The fourth-order valence-electron chi connectivity index (χ4n) is 2.69. The molecule has 0 spiro atoms. The number of piperidine rings is 1. The minimum Gasteiger partial charge on any atom is -0.452 e. The zero-order chi connectivity index (χ0) is 15.4. The summed E-state index contributed by atoms with van der Waals surface area (Å²) in [7, 11) is 0. The third-order valence-electron chi connectivity index (χ3n) is 3.49. The van der Waals surface area contributed by atoms with Crippen LogP contribution in [0.2, 0.25) is 0 Å². The van der Waals surface area contributed by atoms with Gasteiger partial charge in [0.1, 0.15) is 0 Å². The van der Waals surface area contributed by atoms with Crippen LogP contribution in [0.25, 0.3) is 0 Å². The highest BCUT2D eigenvalue weighted by atomic mass is 79.9. The van der Waals surface area contributed by atoms with Crippen LogP contribution < -0.4 is 0 Å². The summed E-state index contributed by atoms with van der Waals surface area (Å²) < 4.78 is 5.77. The molecule has 0 aliphatic carbocycles. The number of aromatic nitrogens is 1. The first-order valence-corrected chi connectivity index (χ1v) is 7.80. The van der Waals surface area contributed by atoms with Crippen molar-refractivity contribution in [3.8, 4) is 0 Å². The van der Waals surface area contributed by atoms with E-state index in [-0.39, 0.29) is 12.5 Å². The van der Waals surface area contributed by atoms with Gasteiger partial charge in [-0.3, -0.25) is 9.78 Å². The number of esters is 1. The van der Waals surface area contributed by atoms with Crippen LogP contribution in [-0.4, -0.2) is 41.5 Å². The summed E-state index contributed by atoms with van der Waals surface area (Å²) in [4.78, 5) is 29.7. The number of likely N-dealkylation sites (tertiary alicyclic amines) is 1. The Kier molecular flexibility index (Phi) is 5.33. The molecule has 1 aromatic heterocycles. The van der Waals surface area contributed by atoms with Gasteiger partial charge in [-0.15, -0.1) is 0 Å². The molecule has 21 heavy (non-hydrogen) atoms. The van der Waals surface area contributed by atoms with E-state index < -0.39 is 5.97 Å². The lowest BCUT2D eigenvalue weighted by molar-refractivity contribution is -0.137. The van der Waals surface area contributed by atoms with E-state index in [2.05, 4.69) is 34.8 Å². The summed E-state index contributed by atoms with van der Waals surface area (Å²) >= 11 is 3.24. The quantitative estimate of drug-likeness (QED) is 0.782. The second kappa shape index (κ2) is 7.02. The average Bonchev–Trinajstić information content (AvgIpc) is 2.43. The van der Waals surface area contributed by atoms with Crippen LogP contribution in [0.3, 0.4) is 0 Å². The first kappa shape index (κ1) is 15.9. The van der Waals surface area contributed by atoms with Gasteiger partial charge < -0.3 is 9.64 Å². The molecule has 0 radical (unpaired) electrons. The van der Waals surface area contributed by atoms with E-state index in [0.717, 1.165) is 19.5 Å². The van der Waals surface area contributed by atoms with Crippen LogP contribution in [0, 0.1) is 11.8 Å². The van der Waals surface area contributed by atoms with E-state index >= 15 is 0 Å². The molecule has 2 atom stereocenters. The highest BCUT2D eigenvalue weighted by Crippen LogP contribution is 2.21. The Morgan fingerprint density at radius 1 is 1.33 bits per heavy atom. The Hall–Kier alpha value is -1.43. The maximum Gasteiger partial charge on any atom is 0.340 e. The molecule has 1 aromatic rings. The Labute approximate surface area is 132 Å². The summed E-state index contributed by atoms with van der Waals surface area (Å²) in [5.41, 5.74) is 0.331. The molecule has 1 fully saturated rings. The third-order valence-corrected chi connectivity index (χ3v) is 3.92. The van der Waals surface area contributed by atoms with Crippen molar-refractivity contribution in [1.29, 1.82) is 0 Å². The predicted octanol–water partition coefficient (Wildman–Crippen LogP) is 2.51. The lowest BCUT2D eigenvalue weighted by Gasteiger charge is -2.34. The number of carbonyl (C=O) groups excluding carboxylic acids is 2. The fourth-order valence-corrected chi connectivity index (χ4v) is 3.06. The monoisotopic (exact) mass is 354 g/mol. The third kappa shape index (κ3) is 4.52. The van der Waals surface area contributed by atoms with Crippen LogP contribution >= 0.6 is 15.9 Å². The molecule has 6 heteroatoms. The maximum atomic E-state index is 12.1. The molecular formula is C15H19BrN2O3. The summed E-state index contributed by atoms with van der Waals surface area (Å²) in [6.07, 6.45) is 4.13. The van der Waals surface area contributed by atoms with Crippen molar-refractivity contribution in [1.82, 2.24) is 9.88 Å². The lowest BCUT2D eigenvalue weighted by atomic mass is 9.92. The first-order valence-electron chi connectivity index (χ1n) is 7.01. The van der Waals surface area contributed by atoms with Crippen LogP contribution in [0.15, 0.2) is 22.9 Å². The Morgan fingerprint density at radius 2 is 2.00 bits per heavy atom. The molecule has 1 aliphatic heterocycles. The number of pyridine rings is 1. The van der Waals surface area contributed by atoms with Crippen molar-refractivity contribution in [2.45, 2.75) is 20.3 Å². The number of rotatable bonds is 3. The summed E-state index contributed by atoms with van der Waals surface area (Å²) in [5.74, 6) is 0.310. The maximum absolute atomic E-state index is 12.1. The highest BCUT2D eigenvalue weighted by Gasteiger charge is 2.26. The van der Waals surface area contributed by atoms with Crippen molar-refractivity contribution in [2.75, 3.05) is 19.7 Å². The number of hydrogen-bond acceptors (Lipinski definition) is 4. The van der Waals surface area contributed by atoms with E-state index in [1.165, 1.54) is 6.20 Å². The zero-order valence-electron chi connectivity index (χ0n) is 12.2. The average molecular weight is 355 g/mol. The van der Waals surface area contributed by atoms with Gasteiger partial charge in [-0.25, -0.2) is 4.79 Å². The van der Waals surface area contributed by atoms with E-state index in [1.807, 2.05) is 0 Å². The summed E-state index contributed by atoms with van der Waals surface area (Å²) in [5, 5.41) is 0.